The number of pyridine rings is 1. The molecule has 0 saturated heterocycles. The number of rotatable bonds is 7. The first-order valence-corrected chi connectivity index (χ1v) is 18.8. The summed E-state index contributed by atoms with van der Waals surface area (Å²) in [6.07, 6.45) is 1.86. The molecular formula is C52H34N4. The summed E-state index contributed by atoms with van der Waals surface area (Å²) in [5.74, 6) is 1.89. The second-order valence-electron chi connectivity index (χ2n) is 13.9. The van der Waals surface area contributed by atoms with Crippen molar-refractivity contribution in [3.63, 3.8) is 0 Å². The van der Waals surface area contributed by atoms with Crippen molar-refractivity contribution in [1.82, 2.24) is 19.9 Å². The minimum atomic E-state index is 0.626. The van der Waals surface area contributed by atoms with Crippen LogP contribution in [-0.2, 0) is 0 Å². The Balaban J connectivity index is 1.02. The normalized spacial score (nSPS) is 11.2. The first-order valence-electron chi connectivity index (χ1n) is 18.8. The molecule has 0 unspecified atom stereocenters. The zero-order valence-corrected chi connectivity index (χ0v) is 30.4. The third-order valence-corrected chi connectivity index (χ3v) is 10.4. The van der Waals surface area contributed by atoms with Crippen molar-refractivity contribution in [3.8, 4) is 78.7 Å². The number of hydrogen-bond donors (Lipinski definition) is 0. The molecule has 4 nitrogen and oxygen atoms in total. The molecule has 0 bridgehead atoms. The van der Waals surface area contributed by atoms with E-state index in [0.717, 1.165) is 60.8 Å². The van der Waals surface area contributed by atoms with Crippen molar-refractivity contribution in [2.45, 2.75) is 0 Å². The zero-order chi connectivity index (χ0) is 37.3. The molecule has 0 N–H and O–H groups in total. The summed E-state index contributed by atoms with van der Waals surface area (Å²) < 4.78 is 0. The van der Waals surface area contributed by atoms with Gasteiger partial charge in [0.15, 0.2) is 17.5 Å². The zero-order valence-electron chi connectivity index (χ0n) is 30.4. The van der Waals surface area contributed by atoms with Crippen LogP contribution in [0.1, 0.15) is 0 Å². The van der Waals surface area contributed by atoms with E-state index in [1.165, 1.54) is 22.1 Å². The molecule has 0 spiro atoms. The van der Waals surface area contributed by atoms with Crippen molar-refractivity contribution < 1.29 is 0 Å². The first-order chi connectivity index (χ1) is 27.7. The largest absolute Gasteiger partial charge is 0.256 e. The quantitative estimate of drug-likeness (QED) is 0.154. The molecule has 2 aromatic heterocycles. The lowest BCUT2D eigenvalue weighted by Crippen LogP contribution is -2.00. The fourth-order valence-electron chi connectivity index (χ4n) is 7.48. The summed E-state index contributed by atoms with van der Waals surface area (Å²) in [6.45, 7) is 0. The summed E-state index contributed by atoms with van der Waals surface area (Å²) in [7, 11) is 0. The molecule has 2 heterocycles. The molecule has 0 aliphatic heterocycles. The molecule has 0 atom stereocenters. The van der Waals surface area contributed by atoms with E-state index in [9.17, 15) is 0 Å². The monoisotopic (exact) mass is 714 g/mol. The predicted octanol–water partition coefficient (Wildman–Crippen LogP) is 13.2. The maximum Gasteiger partial charge on any atom is 0.164 e. The van der Waals surface area contributed by atoms with Crippen molar-refractivity contribution in [3.05, 3.63) is 206 Å². The Labute approximate surface area is 325 Å². The number of fused-ring (bicyclic) bond motifs is 3. The topological polar surface area (TPSA) is 51.6 Å². The Morgan fingerprint density at radius 3 is 1.21 bits per heavy atom. The van der Waals surface area contributed by atoms with Gasteiger partial charge in [-0.15, -0.1) is 0 Å². The molecule has 0 saturated carbocycles. The van der Waals surface area contributed by atoms with Gasteiger partial charge in [0.1, 0.15) is 0 Å². The Morgan fingerprint density at radius 2 is 0.679 bits per heavy atom. The second-order valence-corrected chi connectivity index (χ2v) is 13.9. The number of aromatic nitrogens is 4. The van der Waals surface area contributed by atoms with Gasteiger partial charge in [-0.25, -0.2) is 15.0 Å². The van der Waals surface area contributed by atoms with Gasteiger partial charge in [0.25, 0.3) is 0 Å². The molecule has 4 heteroatoms. The van der Waals surface area contributed by atoms with Gasteiger partial charge in [0.2, 0.25) is 0 Å². The molecule has 56 heavy (non-hydrogen) atoms. The van der Waals surface area contributed by atoms with Crippen LogP contribution in [0.25, 0.3) is 100 Å². The second kappa shape index (κ2) is 14.3. The molecule has 8 aromatic carbocycles. The lowest BCUT2D eigenvalue weighted by Gasteiger charge is -2.12. The molecule has 0 aliphatic carbocycles. The van der Waals surface area contributed by atoms with Gasteiger partial charge < -0.3 is 0 Å². The van der Waals surface area contributed by atoms with Crippen molar-refractivity contribution >= 4 is 21.7 Å². The van der Waals surface area contributed by atoms with Crippen molar-refractivity contribution in [2.75, 3.05) is 0 Å². The average Bonchev–Trinajstić information content (AvgIpc) is 3.29. The van der Waals surface area contributed by atoms with Crippen LogP contribution >= 0.6 is 0 Å². The van der Waals surface area contributed by atoms with Crippen LogP contribution in [-0.4, -0.2) is 19.9 Å². The maximum atomic E-state index is 5.05. The summed E-state index contributed by atoms with van der Waals surface area (Å²) in [5.41, 5.74) is 13.0. The van der Waals surface area contributed by atoms with Crippen LogP contribution < -0.4 is 0 Å². The van der Waals surface area contributed by atoms with E-state index in [1.54, 1.807) is 0 Å². The minimum absolute atomic E-state index is 0.626. The molecule has 0 radical (unpaired) electrons. The third-order valence-electron chi connectivity index (χ3n) is 10.4. The maximum absolute atomic E-state index is 5.05. The van der Waals surface area contributed by atoms with Gasteiger partial charge in [-0.2, -0.15) is 0 Å². The van der Waals surface area contributed by atoms with Gasteiger partial charge in [-0.1, -0.05) is 182 Å². The highest BCUT2D eigenvalue weighted by Gasteiger charge is 2.15. The molecular weight excluding hydrogens is 681 g/mol. The van der Waals surface area contributed by atoms with Crippen LogP contribution in [0.5, 0.6) is 0 Å². The van der Waals surface area contributed by atoms with Gasteiger partial charge >= 0.3 is 0 Å². The fraction of sp³-hybridized carbons (Fsp3) is 0. The van der Waals surface area contributed by atoms with E-state index in [-0.39, 0.29) is 0 Å². The van der Waals surface area contributed by atoms with Crippen LogP contribution in [0.15, 0.2) is 206 Å². The van der Waals surface area contributed by atoms with Crippen LogP contribution in [0, 0.1) is 0 Å². The molecule has 10 rings (SSSR count). The third kappa shape index (κ3) is 6.40. The lowest BCUT2D eigenvalue weighted by atomic mass is 9.93. The van der Waals surface area contributed by atoms with E-state index in [2.05, 4.69) is 182 Å². The molecule has 0 fully saturated rings. The Bertz CT molecular complexity index is 2880. The average molecular weight is 715 g/mol. The van der Waals surface area contributed by atoms with Crippen molar-refractivity contribution in [1.29, 1.82) is 0 Å². The summed E-state index contributed by atoms with van der Waals surface area (Å²) in [6, 6.07) is 69.9. The smallest absolute Gasteiger partial charge is 0.164 e. The lowest BCUT2D eigenvalue weighted by molar-refractivity contribution is 1.07. The van der Waals surface area contributed by atoms with E-state index >= 15 is 0 Å². The van der Waals surface area contributed by atoms with E-state index in [0.29, 0.717) is 17.5 Å². The number of benzene rings is 8. The molecule has 0 aliphatic rings. The Morgan fingerprint density at radius 1 is 0.268 bits per heavy atom. The first kappa shape index (κ1) is 33.0. The highest BCUT2D eigenvalue weighted by Crippen LogP contribution is 2.36. The highest BCUT2D eigenvalue weighted by molar-refractivity contribution is 6.12. The SMILES string of the molecule is c1ccc(-c2ccc(-c3nc(-c4ccc(-c5ccccc5)cc4)nc(-c4ccc(-c5cccc(-c6cc7cccnc7c7ccccc67)c5)cc4)n3)cc2)cc1. The Kier molecular flexibility index (Phi) is 8.47. The highest BCUT2D eigenvalue weighted by atomic mass is 15.0. The fourth-order valence-corrected chi connectivity index (χ4v) is 7.48. The van der Waals surface area contributed by atoms with E-state index < -0.39 is 0 Å². The van der Waals surface area contributed by atoms with Crippen molar-refractivity contribution in [2.24, 2.45) is 0 Å². The van der Waals surface area contributed by atoms with Gasteiger partial charge in [0.05, 0.1) is 5.52 Å². The van der Waals surface area contributed by atoms with Crippen LogP contribution in [0.2, 0.25) is 0 Å². The summed E-state index contributed by atoms with van der Waals surface area (Å²) >= 11 is 0. The number of hydrogen-bond acceptors (Lipinski definition) is 4. The summed E-state index contributed by atoms with van der Waals surface area (Å²) in [5, 5.41) is 3.48. The van der Waals surface area contributed by atoms with E-state index in [1.807, 2.05) is 24.4 Å². The standard InChI is InChI=1S/C52H34N4/c1-3-11-35(12-4-1)37-20-26-40(27-21-37)50-54-51(41-28-22-38(23-29-41)36-13-5-2-6-14-36)56-52(55-50)42-30-24-39(25-31-42)43-15-9-16-44(33-43)48-34-45-17-10-32-53-49(45)47-19-8-7-18-46(47)48/h1-34H. The Hall–Kier alpha value is -7.56. The number of nitrogens with zero attached hydrogens (tertiary/aromatic N) is 4. The molecule has 262 valence electrons. The van der Waals surface area contributed by atoms with Gasteiger partial charge in [0, 0.05) is 33.7 Å². The van der Waals surface area contributed by atoms with Gasteiger partial charge in [-0.05, 0) is 68.1 Å². The molecule has 0 amide bonds. The van der Waals surface area contributed by atoms with E-state index in [4.69, 9.17) is 19.9 Å². The predicted molar refractivity (Wildman–Crippen MR) is 231 cm³/mol. The van der Waals surface area contributed by atoms with Gasteiger partial charge in [-0.3, -0.25) is 4.98 Å². The molecule has 10 aromatic rings. The minimum Gasteiger partial charge on any atom is -0.256 e. The van der Waals surface area contributed by atoms with Crippen LogP contribution in [0.3, 0.4) is 0 Å². The van der Waals surface area contributed by atoms with Crippen LogP contribution in [0.4, 0.5) is 0 Å². The summed E-state index contributed by atoms with van der Waals surface area (Å²) in [4.78, 5) is 19.8.